The van der Waals surface area contributed by atoms with E-state index < -0.39 is 10.0 Å². The van der Waals surface area contributed by atoms with Crippen molar-refractivity contribution in [2.75, 3.05) is 10.8 Å². The van der Waals surface area contributed by atoms with Gasteiger partial charge in [-0.3, -0.25) is 4.31 Å². The number of benzene rings is 2. The Kier molecular flexibility index (Phi) is 3.14. The molecule has 2 aromatic carbocycles. The maximum absolute atomic E-state index is 12.7. The number of aryl methyl sites for hydroxylation is 1. The number of anilines is 1. The summed E-state index contributed by atoms with van der Waals surface area (Å²) in [6.07, 6.45) is 1.69. The lowest BCUT2D eigenvalue weighted by molar-refractivity contribution is 0.473. The molecule has 0 aromatic heterocycles. The lowest BCUT2D eigenvalue weighted by atomic mass is 10.0. The summed E-state index contributed by atoms with van der Waals surface area (Å²) in [7, 11) is -3.62. The van der Waals surface area contributed by atoms with Crippen LogP contribution in [0.4, 0.5) is 5.69 Å². The molecule has 2 aromatic rings. The number of para-hydroxylation sites is 1. The van der Waals surface area contributed by atoms with Crippen LogP contribution in [0, 0.1) is 0 Å². The van der Waals surface area contributed by atoms with E-state index in [-0.39, 0.29) is 10.6 Å². The molecule has 0 saturated heterocycles. The predicted molar refractivity (Wildman–Crippen MR) is 77.4 cm³/mol. The third-order valence-electron chi connectivity index (χ3n) is 3.47. The second-order valence-electron chi connectivity index (χ2n) is 4.81. The first-order valence-corrected chi connectivity index (χ1v) is 7.93. The smallest absolute Gasteiger partial charge is 0.264 e. The third kappa shape index (κ3) is 2.14. The zero-order valence-corrected chi connectivity index (χ0v) is 11.7. The zero-order chi connectivity index (χ0) is 14.2. The number of sulfonamides is 1. The van der Waals surface area contributed by atoms with E-state index in [1.54, 1.807) is 0 Å². The van der Waals surface area contributed by atoms with Crippen molar-refractivity contribution < 1.29 is 13.5 Å². The van der Waals surface area contributed by atoms with Gasteiger partial charge in [0.1, 0.15) is 5.75 Å². The van der Waals surface area contributed by atoms with Crippen LogP contribution >= 0.6 is 0 Å². The van der Waals surface area contributed by atoms with Crippen LogP contribution in [0.25, 0.3) is 0 Å². The summed E-state index contributed by atoms with van der Waals surface area (Å²) in [6.45, 7) is 0.467. The second-order valence-corrected chi connectivity index (χ2v) is 6.67. The Bertz CT molecular complexity index is 740. The minimum Gasteiger partial charge on any atom is -0.508 e. The maximum atomic E-state index is 12.7. The van der Waals surface area contributed by atoms with E-state index in [0.717, 1.165) is 24.1 Å². The van der Waals surface area contributed by atoms with Gasteiger partial charge in [-0.2, -0.15) is 0 Å². The number of nitrogens with zero attached hydrogens (tertiary/aromatic N) is 1. The number of rotatable bonds is 2. The molecule has 5 heteroatoms. The largest absolute Gasteiger partial charge is 0.508 e. The summed E-state index contributed by atoms with van der Waals surface area (Å²) in [5, 5.41) is 9.49. The Labute approximate surface area is 118 Å². The van der Waals surface area contributed by atoms with E-state index >= 15 is 0 Å². The van der Waals surface area contributed by atoms with Gasteiger partial charge < -0.3 is 5.11 Å². The van der Waals surface area contributed by atoms with Crippen molar-refractivity contribution in [3.05, 3.63) is 54.1 Å². The molecule has 20 heavy (non-hydrogen) atoms. The highest BCUT2D eigenvalue weighted by Gasteiger charge is 2.28. The fourth-order valence-corrected chi connectivity index (χ4v) is 4.10. The summed E-state index contributed by atoms with van der Waals surface area (Å²) in [6, 6.07) is 13.3. The first-order chi connectivity index (χ1) is 9.59. The van der Waals surface area contributed by atoms with Crippen LogP contribution in [0.2, 0.25) is 0 Å². The minimum absolute atomic E-state index is 0.0450. The SMILES string of the molecule is O=S(=O)(c1cccc(O)c1)N1CCCc2ccccc21. The molecule has 0 saturated carbocycles. The van der Waals surface area contributed by atoms with Crippen LogP contribution in [0.5, 0.6) is 5.75 Å². The van der Waals surface area contributed by atoms with Gasteiger partial charge in [-0.25, -0.2) is 8.42 Å². The van der Waals surface area contributed by atoms with E-state index in [2.05, 4.69) is 0 Å². The Morgan fingerprint density at radius 3 is 2.65 bits per heavy atom. The highest BCUT2D eigenvalue weighted by molar-refractivity contribution is 7.92. The quantitative estimate of drug-likeness (QED) is 0.924. The molecule has 104 valence electrons. The molecule has 0 aliphatic carbocycles. The van der Waals surface area contributed by atoms with Gasteiger partial charge in [0.25, 0.3) is 10.0 Å². The van der Waals surface area contributed by atoms with Crippen LogP contribution in [0.15, 0.2) is 53.4 Å². The monoisotopic (exact) mass is 289 g/mol. The van der Waals surface area contributed by atoms with E-state index in [1.807, 2.05) is 24.3 Å². The average molecular weight is 289 g/mol. The summed E-state index contributed by atoms with van der Waals surface area (Å²) in [4.78, 5) is 0.120. The fourth-order valence-electron chi connectivity index (χ4n) is 2.52. The standard InChI is InChI=1S/C15H15NO3S/c17-13-7-3-8-14(11-13)20(18,19)16-10-4-6-12-5-1-2-9-15(12)16/h1-3,5,7-9,11,17H,4,6,10H2. The highest BCUT2D eigenvalue weighted by Crippen LogP contribution is 2.32. The number of fused-ring (bicyclic) bond motifs is 1. The van der Waals surface area contributed by atoms with Gasteiger partial charge >= 0.3 is 0 Å². The van der Waals surface area contributed by atoms with Crippen molar-refractivity contribution >= 4 is 15.7 Å². The van der Waals surface area contributed by atoms with Gasteiger partial charge in [0.2, 0.25) is 0 Å². The Balaban J connectivity index is 2.10. The molecule has 1 aliphatic rings. The Morgan fingerprint density at radius 2 is 1.85 bits per heavy atom. The van der Waals surface area contributed by atoms with Crippen LogP contribution in [0.1, 0.15) is 12.0 Å². The molecule has 0 atom stereocenters. The van der Waals surface area contributed by atoms with Crippen LogP contribution in [-0.2, 0) is 16.4 Å². The van der Waals surface area contributed by atoms with E-state index in [1.165, 1.54) is 28.6 Å². The molecule has 0 bridgehead atoms. The molecule has 0 fully saturated rings. The van der Waals surface area contributed by atoms with Gasteiger partial charge in [0.05, 0.1) is 10.6 Å². The summed E-state index contributed by atoms with van der Waals surface area (Å²) >= 11 is 0. The van der Waals surface area contributed by atoms with Crippen molar-refractivity contribution in [3.8, 4) is 5.75 Å². The maximum Gasteiger partial charge on any atom is 0.264 e. The van der Waals surface area contributed by atoms with Crippen molar-refractivity contribution in [1.82, 2.24) is 0 Å². The number of aromatic hydroxyl groups is 1. The molecule has 1 heterocycles. The molecule has 4 nitrogen and oxygen atoms in total. The third-order valence-corrected chi connectivity index (χ3v) is 5.28. The van der Waals surface area contributed by atoms with Gasteiger partial charge in [-0.15, -0.1) is 0 Å². The zero-order valence-electron chi connectivity index (χ0n) is 10.9. The topological polar surface area (TPSA) is 57.6 Å². The molecular formula is C15H15NO3S. The molecule has 1 N–H and O–H groups in total. The molecule has 1 aliphatic heterocycles. The molecule has 0 radical (unpaired) electrons. The Hall–Kier alpha value is -2.01. The van der Waals surface area contributed by atoms with E-state index in [0.29, 0.717) is 6.54 Å². The van der Waals surface area contributed by atoms with Crippen molar-refractivity contribution in [3.63, 3.8) is 0 Å². The van der Waals surface area contributed by atoms with Gasteiger partial charge in [-0.05, 0) is 36.6 Å². The minimum atomic E-state index is -3.62. The predicted octanol–water partition coefficient (Wildman–Crippen LogP) is 2.53. The number of hydrogen-bond acceptors (Lipinski definition) is 3. The molecular weight excluding hydrogens is 274 g/mol. The van der Waals surface area contributed by atoms with Gasteiger partial charge in [0, 0.05) is 12.6 Å². The van der Waals surface area contributed by atoms with Crippen LogP contribution in [0.3, 0.4) is 0 Å². The Morgan fingerprint density at radius 1 is 1.05 bits per heavy atom. The first kappa shape index (κ1) is 13.0. The summed E-state index contributed by atoms with van der Waals surface area (Å²) < 4.78 is 26.9. The van der Waals surface area contributed by atoms with E-state index in [4.69, 9.17) is 0 Å². The summed E-state index contributed by atoms with van der Waals surface area (Å²) in [5.41, 5.74) is 1.78. The number of hydrogen-bond donors (Lipinski definition) is 1. The average Bonchev–Trinajstić information content (AvgIpc) is 2.46. The summed E-state index contributed by atoms with van der Waals surface area (Å²) in [5.74, 6) is -0.0450. The molecule has 0 unspecified atom stereocenters. The van der Waals surface area contributed by atoms with E-state index in [9.17, 15) is 13.5 Å². The molecule has 0 amide bonds. The molecule has 0 spiro atoms. The lowest BCUT2D eigenvalue weighted by Gasteiger charge is -2.30. The van der Waals surface area contributed by atoms with Crippen molar-refractivity contribution in [2.24, 2.45) is 0 Å². The normalized spacial score (nSPS) is 14.9. The highest BCUT2D eigenvalue weighted by atomic mass is 32.2. The first-order valence-electron chi connectivity index (χ1n) is 6.49. The number of phenols is 1. The fraction of sp³-hybridized carbons (Fsp3) is 0.200. The van der Waals surface area contributed by atoms with Gasteiger partial charge in [-0.1, -0.05) is 24.3 Å². The lowest BCUT2D eigenvalue weighted by Crippen LogP contribution is -2.35. The van der Waals surface area contributed by atoms with Crippen LogP contribution < -0.4 is 4.31 Å². The second kappa shape index (κ2) is 4.83. The molecule has 3 rings (SSSR count). The van der Waals surface area contributed by atoms with Gasteiger partial charge in [0.15, 0.2) is 0 Å². The number of phenolic OH excluding ortho intramolecular Hbond substituents is 1. The van der Waals surface area contributed by atoms with Crippen LogP contribution in [-0.4, -0.2) is 20.1 Å². The van der Waals surface area contributed by atoms with Crippen molar-refractivity contribution in [1.29, 1.82) is 0 Å². The van der Waals surface area contributed by atoms with Crippen molar-refractivity contribution in [2.45, 2.75) is 17.7 Å².